The number of aliphatic hydroxyl groups is 1. The molecule has 0 aromatic heterocycles. The molecule has 3 heteroatoms. The zero-order valence-corrected chi connectivity index (χ0v) is 7.71. The average molecular weight is 171 g/mol. The summed E-state index contributed by atoms with van der Waals surface area (Å²) >= 11 is 0. The van der Waals surface area contributed by atoms with Crippen molar-refractivity contribution >= 4 is 5.91 Å². The van der Waals surface area contributed by atoms with E-state index in [0.717, 1.165) is 12.8 Å². The lowest BCUT2D eigenvalue weighted by molar-refractivity contribution is -0.123. The summed E-state index contributed by atoms with van der Waals surface area (Å²) in [5.74, 6) is 0.524. The first-order valence-electron chi connectivity index (χ1n) is 4.54. The van der Waals surface area contributed by atoms with Crippen LogP contribution < -0.4 is 5.32 Å². The molecule has 0 aromatic rings. The van der Waals surface area contributed by atoms with Crippen molar-refractivity contribution in [2.45, 2.75) is 32.7 Å². The van der Waals surface area contributed by atoms with Gasteiger partial charge < -0.3 is 10.4 Å². The van der Waals surface area contributed by atoms with Crippen LogP contribution in [0.3, 0.4) is 0 Å². The van der Waals surface area contributed by atoms with Gasteiger partial charge in [-0.15, -0.1) is 0 Å². The van der Waals surface area contributed by atoms with Crippen LogP contribution in [-0.4, -0.2) is 23.7 Å². The Morgan fingerprint density at radius 1 is 1.75 bits per heavy atom. The van der Waals surface area contributed by atoms with Crippen LogP contribution in [0.15, 0.2) is 0 Å². The monoisotopic (exact) mass is 171 g/mol. The number of carbonyl (C=O) groups excluding carboxylic acids is 1. The summed E-state index contributed by atoms with van der Waals surface area (Å²) in [5, 5.41) is 11.7. The van der Waals surface area contributed by atoms with E-state index in [1.54, 1.807) is 0 Å². The van der Waals surface area contributed by atoms with Gasteiger partial charge in [0.05, 0.1) is 0 Å². The van der Waals surface area contributed by atoms with Crippen molar-refractivity contribution in [3.05, 3.63) is 0 Å². The molecular formula is C9H17NO2. The maximum absolute atomic E-state index is 11.2. The van der Waals surface area contributed by atoms with Crippen molar-refractivity contribution in [3.8, 4) is 0 Å². The van der Waals surface area contributed by atoms with Gasteiger partial charge in [0.15, 0.2) is 0 Å². The second-order valence-corrected chi connectivity index (χ2v) is 3.87. The predicted octanol–water partition coefficient (Wildman–Crippen LogP) is 0.529. The minimum absolute atomic E-state index is 0.127. The first-order chi connectivity index (χ1) is 5.63. The van der Waals surface area contributed by atoms with E-state index < -0.39 is 0 Å². The highest BCUT2D eigenvalue weighted by atomic mass is 16.3. The van der Waals surface area contributed by atoms with Crippen LogP contribution >= 0.6 is 0 Å². The lowest BCUT2D eigenvalue weighted by Gasteiger charge is -2.11. The second kappa shape index (κ2) is 3.90. The highest BCUT2D eigenvalue weighted by Crippen LogP contribution is 2.22. The predicted molar refractivity (Wildman–Crippen MR) is 46.6 cm³/mol. The first kappa shape index (κ1) is 9.52. The van der Waals surface area contributed by atoms with E-state index >= 15 is 0 Å². The van der Waals surface area contributed by atoms with Gasteiger partial charge in [-0.2, -0.15) is 0 Å². The van der Waals surface area contributed by atoms with Gasteiger partial charge in [-0.1, -0.05) is 6.92 Å². The summed E-state index contributed by atoms with van der Waals surface area (Å²) in [5.41, 5.74) is 0. The van der Waals surface area contributed by atoms with Crippen LogP contribution in [0.2, 0.25) is 0 Å². The zero-order chi connectivity index (χ0) is 9.14. The summed E-state index contributed by atoms with van der Waals surface area (Å²) in [6.45, 7) is 4.16. The fourth-order valence-electron chi connectivity index (χ4n) is 1.72. The molecule has 1 rings (SSSR count). The first-order valence-corrected chi connectivity index (χ1v) is 4.54. The van der Waals surface area contributed by atoms with Gasteiger partial charge in [0, 0.05) is 18.6 Å². The number of amides is 1. The molecule has 2 N–H and O–H groups in total. The molecule has 1 saturated heterocycles. The lowest BCUT2D eigenvalue weighted by Crippen LogP contribution is -2.24. The van der Waals surface area contributed by atoms with Crippen molar-refractivity contribution in [1.29, 1.82) is 0 Å². The zero-order valence-electron chi connectivity index (χ0n) is 7.71. The molecule has 0 radical (unpaired) electrons. The SMILES string of the molecule is C[C@H](CO)C[C@@H]1C[C@@H](C)NC1=O. The van der Waals surface area contributed by atoms with Gasteiger partial charge in [-0.3, -0.25) is 4.79 Å². The number of carbonyl (C=O) groups is 1. The molecule has 12 heavy (non-hydrogen) atoms. The van der Waals surface area contributed by atoms with E-state index in [-0.39, 0.29) is 24.3 Å². The smallest absolute Gasteiger partial charge is 0.223 e. The number of rotatable bonds is 3. The van der Waals surface area contributed by atoms with Gasteiger partial charge in [-0.05, 0) is 25.7 Å². The third kappa shape index (κ3) is 2.21. The number of hydrogen-bond acceptors (Lipinski definition) is 2. The maximum Gasteiger partial charge on any atom is 0.223 e. The van der Waals surface area contributed by atoms with Crippen molar-refractivity contribution in [2.75, 3.05) is 6.61 Å². The van der Waals surface area contributed by atoms with Crippen LogP contribution in [0.5, 0.6) is 0 Å². The molecule has 0 aliphatic carbocycles. The molecule has 3 atom stereocenters. The Kier molecular flexibility index (Phi) is 3.09. The third-order valence-corrected chi connectivity index (χ3v) is 2.40. The Morgan fingerprint density at radius 2 is 2.42 bits per heavy atom. The summed E-state index contributed by atoms with van der Waals surface area (Å²) in [6, 6.07) is 0.313. The minimum atomic E-state index is 0.127. The molecule has 0 unspecified atom stereocenters. The van der Waals surface area contributed by atoms with E-state index in [2.05, 4.69) is 5.32 Å². The van der Waals surface area contributed by atoms with E-state index in [4.69, 9.17) is 5.11 Å². The minimum Gasteiger partial charge on any atom is -0.396 e. The molecule has 0 bridgehead atoms. The van der Waals surface area contributed by atoms with Crippen LogP contribution in [0.4, 0.5) is 0 Å². The molecule has 0 saturated carbocycles. The highest BCUT2D eigenvalue weighted by molar-refractivity contribution is 5.81. The van der Waals surface area contributed by atoms with Crippen molar-refractivity contribution in [3.63, 3.8) is 0 Å². The maximum atomic E-state index is 11.2. The van der Waals surface area contributed by atoms with Crippen LogP contribution in [0, 0.1) is 11.8 Å². The van der Waals surface area contributed by atoms with E-state index in [0.29, 0.717) is 6.04 Å². The topological polar surface area (TPSA) is 49.3 Å². The van der Waals surface area contributed by atoms with Crippen molar-refractivity contribution in [2.24, 2.45) is 11.8 Å². The molecular weight excluding hydrogens is 154 g/mol. The standard InChI is InChI=1S/C9H17NO2/c1-6(5-11)3-8-4-7(2)10-9(8)12/h6-8,11H,3-5H2,1-2H3,(H,10,12)/t6-,7+,8+/m0/s1. The molecule has 1 heterocycles. The summed E-state index contributed by atoms with van der Waals surface area (Å²) in [6.07, 6.45) is 1.73. The summed E-state index contributed by atoms with van der Waals surface area (Å²) < 4.78 is 0. The Labute approximate surface area is 73.2 Å². The molecule has 0 aromatic carbocycles. The van der Waals surface area contributed by atoms with Crippen LogP contribution in [0.1, 0.15) is 26.7 Å². The fourth-order valence-corrected chi connectivity index (χ4v) is 1.72. The summed E-state index contributed by atoms with van der Waals surface area (Å²) in [7, 11) is 0. The molecule has 1 fully saturated rings. The van der Waals surface area contributed by atoms with E-state index in [1.165, 1.54) is 0 Å². The molecule has 1 aliphatic rings. The van der Waals surface area contributed by atoms with E-state index in [9.17, 15) is 4.79 Å². The number of aliphatic hydroxyl groups excluding tert-OH is 1. The Morgan fingerprint density at radius 3 is 2.83 bits per heavy atom. The van der Waals surface area contributed by atoms with Crippen LogP contribution in [0.25, 0.3) is 0 Å². The lowest BCUT2D eigenvalue weighted by atomic mass is 9.94. The van der Waals surface area contributed by atoms with Crippen LogP contribution in [-0.2, 0) is 4.79 Å². The largest absolute Gasteiger partial charge is 0.396 e. The average Bonchev–Trinajstić information content (AvgIpc) is 2.30. The molecule has 1 aliphatic heterocycles. The Hall–Kier alpha value is -0.570. The molecule has 1 amide bonds. The normalized spacial score (nSPS) is 31.8. The van der Waals surface area contributed by atoms with Gasteiger partial charge in [0.1, 0.15) is 0 Å². The second-order valence-electron chi connectivity index (χ2n) is 3.87. The molecule has 70 valence electrons. The highest BCUT2D eigenvalue weighted by Gasteiger charge is 2.29. The number of nitrogens with one attached hydrogen (secondary N) is 1. The Balaban J connectivity index is 2.37. The molecule has 0 spiro atoms. The quantitative estimate of drug-likeness (QED) is 0.650. The van der Waals surface area contributed by atoms with Gasteiger partial charge >= 0.3 is 0 Å². The Bertz CT molecular complexity index is 170. The fraction of sp³-hybridized carbons (Fsp3) is 0.889. The third-order valence-electron chi connectivity index (χ3n) is 2.40. The van der Waals surface area contributed by atoms with E-state index in [1.807, 2.05) is 13.8 Å². The van der Waals surface area contributed by atoms with Gasteiger partial charge in [-0.25, -0.2) is 0 Å². The van der Waals surface area contributed by atoms with Crippen molar-refractivity contribution in [1.82, 2.24) is 5.32 Å². The number of hydrogen-bond donors (Lipinski definition) is 2. The van der Waals surface area contributed by atoms with Gasteiger partial charge in [0.2, 0.25) is 5.91 Å². The summed E-state index contributed by atoms with van der Waals surface area (Å²) in [4.78, 5) is 11.2. The molecule has 3 nitrogen and oxygen atoms in total. The van der Waals surface area contributed by atoms with Gasteiger partial charge in [0.25, 0.3) is 0 Å². The van der Waals surface area contributed by atoms with Crippen molar-refractivity contribution < 1.29 is 9.90 Å².